The minimum Gasteiger partial charge on any atom is -0.353 e. The average molecular weight is 304 g/mol. The number of likely N-dealkylation sites (tertiary alicyclic amines) is 1. The fourth-order valence-corrected chi connectivity index (χ4v) is 4.23. The van der Waals surface area contributed by atoms with Crippen LogP contribution in [-0.2, 0) is 4.79 Å². The van der Waals surface area contributed by atoms with Crippen molar-refractivity contribution < 1.29 is 4.79 Å². The zero-order valence-corrected chi connectivity index (χ0v) is 14.2. The van der Waals surface area contributed by atoms with Crippen molar-refractivity contribution >= 4 is 5.91 Å². The number of carbonyl (C=O) groups is 1. The summed E-state index contributed by atoms with van der Waals surface area (Å²) in [5.41, 5.74) is 1.36. The average Bonchev–Trinajstić information content (AvgIpc) is 2.46. The zero-order chi connectivity index (χ0) is 15.4. The molecule has 0 aromatic carbocycles. The van der Waals surface area contributed by atoms with Gasteiger partial charge in [0.1, 0.15) is 0 Å². The molecule has 2 fully saturated rings. The molecule has 0 radical (unpaired) electrons. The van der Waals surface area contributed by atoms with Crippen molar-refractivity contribution in [1.29, 1.82) is 0 Å². The molecular weight excluding hydrogens is 272 g/mol. The molecule has 1 saturated heterocycles. The van der Waals surface area contributed by atoms with E-state index in [9.17, 15) is 4.79 Å². The number of allylic oxidation sites excluding steroid dienone is 1. The van der Waals surface area contributed by atoms with Gasteiger partial charge in [-0.15, -0.1) is 0 Å². The predicted molar refractivity (Wildman–Crippen MR) is 90.7 cm³/mol. The summed E-state index contributed by atoms with van der Waals surface area (Å²) in [4.78, 5) is 15.0. The second kappa shape index (κ2) is 7.63. The summed E-state index contributed by atoms with van der Waals surface area (Å²) in [5, 5.41) is 3.29. The molecular formula is C19H32N2O. The summed E-state index contributed by atoms with van der Waals surface area (Å²) in [6.07, 6.45) is 14.5. The summed E-state index contributed by atoms with van der Waals surface area (Å²) in [5.74, 6) is 0.875. The Morgan fingerprint density at radius 1 is 1.27 bits per heavy atom. The van der Waals surface area contributed by atoms with Gasteiger partial charge in [0.05, 0.1) is 0 Å². The number of nitrogens with one attached hydrogen (secondary N) is 1. The highest BCUT2D eigenvalue weighted by Gasteiger charge is 2.31. The van der Waals surface area contributed by atoms with Crippen molar-refractivity contribution in [2.75, 3.05) is 13.1 Å². The fraction of sp³-hybridized carbons (Fsp3) is 0.842. The van der Waals surface area contributed by atoms with Gasteiger partial charge in [-0.1, -0.05) is 18.1 Å². The highest BCUT2D eigenvalue weighted by molar-refractivity contribution is 5.78. The highest BCUT2D eigenvalue weighted by atomic mass is 16.1. The van der Waals surface area contributed by atoms with E-state index in [4.69, 9.17) is 0 Å². The van der Waals surface area contributed by atoms with Crippen LogP contribution in [0.15, 0.2) is 11.6 Å². The van der Waals surface area contributed by atoms with E-state index in [1.54, 1.807) is 0 Å². The molecule has 2 aliphatic carbocycles. The van der Waals surface area contributed by atoms with Crippen LogP contribution in [0.25, 0.3) is 0 Å². The Morgan fingerprint density at radius 2 is 2.14 bits per heavy atom. The molecule has 3 aliphatic rings. The summed E-state index contributed by atoms with van der Waals surface area (Å²) >= 11 is 0. The summed E-state index contributed by atoms with van der Waals surface area (Å²) in [6, 6.07) is 1.16. The summed E-state index contributed by atoms with van der Waals surface area (Å²) < 4.78 is 0. The number of nitrogens with zero attached hydrogens (tertiary/aromatic N) is 1. The lowest BCUT2D eigenvalue weighted by Gasteiger charge is -2.43. The fourth-order valence-electron chi connectivity index (χ4n) is 4.23. The van der Waals surface area contributed by atoms with Crippen molar-refractivity contribution in [3.8, 4) is 0 Å². The van der Waals surface area contributed by atoms with Crippen molar-refractivity contribution in [1.82, 2.24) is 10.2 Å². The van der Waals surface area contributed by atoms with Crippen LogP contribution in [0.4, 0.5) is 0 Å². The van der Waals surface area contributed by atoms with Crippen molar-refractivity contribution in [3.05, 3.63) is 11.6 Å². The van der Waals surface area contributed by atoms with Crippen LogP contribution >= 0.6 is 0 Å². The normalized spacial score (nSPS) is 28.6. The Kier molecular flexibility index (Phi) is 5.56. The van der Waals surface area contributed by atoms with Gasteiger partial charge < -0.3 is 10.2 Å². The summed E-state index contributed by atoms with van der Waals surface area (Å²) in [7, 11) is 0. The Morgan fingerprint density at radius 3 is 2.82 bits per heavy atom. The summed E-state index contributed by atoms with van der Waals surface area (Å²) in [6.45, 7) is 4.67. The third-order valence-electron chi connectivity index (χ3n) is 5.95. The van der Waals surface area contributed by atoms with E-state index in [-0.39, 0.29) is 5.91 Å². The van der Waals surface area contributed by atoms with Gasteiger partial charge >= 0.3 is 0 Å². The first-order valence-corrected chi connectivity index (χ1v) is 9.43. The highest BCUT2D eigenvalue weighted by Crippen LogP contribution is 2.30. The third kappa shape index (κ3) is 4.13. The van der Waals surface area contributed by atoms with E-state index in [1.807, 2.05) is 0 Å². The molecule has 3 nitrogen and oxygen atoms in total. The van der Waals surface area contributed by atoms with Crippen LogP contribution in [-0.4, -0.2) is 36.0 Å². The molecule has 0 spiro atoms. The van der Waals surface area contributed by atoms with Crippen LogP contribution in [0.3, 0.4) is 0 Å². The van der Waals surface area contributed by atoms with Gasteiger partial charge in [-0.25, -0.2) is 0 Å². The molecule has 3 rings (SSSR count). The van der Waals surface area contributed by atoms with Gasteiger partial charge in [-0.2, -0.15) is 0 Å². The Labute approximate surface area is 135 Å². The monoisotopic (exact) mass is 304 g/mol. The van der Waals surface area contributed by atoms with Crippen LogP contribution in [0, 0.1) is 5.92 Å². The lowest BCUT2D eigenvalue weighted by atomic mass is 9.85. The number of rotatable bonds is 5. The molecule has 1 heterocycles. The van der Waals surface area contributed by atoms with Gasteiger partial charge in [-0.3, -0.25) is 4.79 Å². The van der Waals surface area contributed by atoms with E-state index >= 15 is 0 Å². The van der Waals surface area contributed by atoms with E-state index in [1.165, 1.54) is 63.6 Å². The van der Waals surface area contributed by atoms with E-state index in [0.717, 1.165) is 18.9 Å². The maximum atomic E-state index is 12.3. The number of carbonyl (C=O) groups excluding carboxylic acids is 1. The number of hydrogen-bond donors (Lipinski definition) is 1. The molecule has 124 valence electrons. The van der Waals surface area contributed by atoms with E-state index < -0.39 is 0 Å². The molecule has 0 bridgehead atoms. The lowest BCUT2D eigenvalue weighted by molar-refractivity contribution is -0.121. The zero-order valence-electron chi connectivity index (χ0n) is 14.2. The molecule has 1 aliphatic heterocycles. The van der Waals surface area contributed by atoms with Gasteiger partial charge in [0.2, 0.25) is 5.91 Å². The second-order valence-corrected chi connectivity index (χ2v) is 7.62. The molecule has 0 aromatic heterocycles. The predicted octanol–water partition coefficient (Wildman–Crippen LogP) is 3.65. The molecule has 3 heteroatoms. The molecule has 0 unspecified atom stereocenters. The Bertz CT molecular complexity index is 414. The van der Waals surface area contributed by atoms with E-state index in [0.29, 0.717) is 18.4 Å². The molecule has 1 amide bonds. The molecule has 22 heavy (non-hydrogen) atoms. The molecule has 1 saturated carbocycles. The quantitative estimate of drug-likeness (QED) is 0.786. The third-order valence-corrected chi connectivity index (χ3v) is 5.95. The molecule has 0 aromatic rings. The van der Waals surface area contributed by atoms with Crippen LogP contribution < -0.4 is 5.32 Å². The van der Waals surface area contributed by atoms with Crippen molar-refractivity contribution in [3.63, 3.8) is 0 Å². The Balaban J connectivity index is 1.44. The first-order valence-electron chi connectivity index (χ1n) is 9.43. The SMILES string of the molecule is C[C@H](NC(=O)CC1=CCCCC1)[C@@H]1CCCN(C2CCC2)C1. The maximum Gasteiger partial charge on any atom is 0.224 e. The lowest BCUT2D eigenvalue weighted by Crippen LogP contribution is -2.50. The van der Waals surface area contributed by atoms with Crippen LogP contribution in [0.2, 0.25) is 0 Å². The molecule has 2 atom stereocenters. The van der Waals surface area contributed by atoms with Crippen LogP contribution in [0.5, 0.6) is 0 Å². The molecule has 1 N–H and O–H groups in total. The number of piperidine rings is 1. The Hall–Kier alpha value is -0.830. The largest absolute Gasteiger partial charge is 0.353 e. The number of amides is 1. The van der Waals surface area contributed by atoms with Gasteiger partial charge in [0.25, 0.3) is 0 Å². The first kappa shape index (κ1) is 16.0. The van der Waals surface area contributed by atoms with Gasteiger partial charge in [0, 0.05) is 25.0 Å². The number of hydrogen-bond acceptors (Lipinski definition) is 2. The van der Waals surface area contributed by atoms with Crippen molar-refractivity contribution in [2.45, 2.75) is 83.2 Å². The smallest absolute Gasteiger partial charge is 0.224 e. The minimum atomic E-state index is 0.237. The first-order chi connectivity index (χ1) is 10.7. The second-order valence-electron chi connectivity index (χ2n) is 7.62. The van der Waals surface area contributed by atoms with Gasteiger partial charge in [-0.05, 0) is 70.8 Å². The van der Waals surface area contributed by atoms with Crippen molar-refractivity contribution in [2.24, 2.45) is 5.92 Å². The maximum absolute atomic E-state index is 12.3. The van der Waals surface area contributed by atoms with Crippen LogP contribution in [0.1, 0.15) is 71.1 Å². The standard InChI is InChI=1S/C19H32N2O/c1-15(20-19(22)13-16-7-3-2-4-8-16)17-9-6-12-21(14-17)18-10-5-11-18/h7,15,17-18H,2-6,8-14H2,1H3,(H,20,22)/t15-,17+/m0/s1. The minimum absolute atomic E-state index is 0.237. The topological polar surface area (TPSA) is 32.3 Å². The van der Waals surface area contributed by atoms with E-state index in [2.05, 4.69) is 23.2 Å². The van der Waals surface area contributed by atoms with Gasteiger partial charge in [0.15, 0.2) is 0 Å².